The average Bonchev–Trinajstić information content (AvgIpc) is 2.93. The number of thiophene rings is 1. The molecule has 0 radical (unpaired) electrons. The molecular weight excluding hydrogens is 308 g/mol. The lowest BCUT2D eigenvalue weighted by Crippen LogP contribution is -2.26. The smallest absolute Gasteiger partial charge is 0.246 e. The summed E-state index contributed by atoms with van der Waals surface area (Å²) in [6.45, 7) is 2.52. The van der Waals surface area contributed by atoms with Gasteiger partial charge in [0.15, 0.2) is 0 Å². The van der Waals surface area contributed by atoms with E-state index in [4.69, 9.17) is 10.5 Å². The van der Waals surface area contributed by atoms with Crippen molar-refractivity contribution in [2.24, 2.45) is 0 Å². The first kappa shape index (κ1) is 15.8. The zero-order chi connectivity index (χ0) is 15.5. The van der Waals surface area contributed by atoms with Gasteiger partial charge in [-0.3, -0.25) is 0 Å². The predicted octanol–water partition coefficient (Wildman–Crippen LogP) is 2.55. The Balaban J connectivity index is 2.36. The number of nitrogen functional groups attached to an aromatic ring is 1. The summed E-state index contributed by atoms with van der Waals surface area (Å²) in [4.78, 5) is 1.08. The Morgan fingerprint density at radius 1 is 1.33 bits per heavy atom. The second-order valence-electron chi connectivity index (χ2n) is 4.48. The van der Waals surface area contributed by atoms with Gasteiger partial charge in [-0.15, -0.1) is 11.3 Å². The third-order valence-electron chi connectivity index (χ3n) is 2.91. The molecule has 21 heavy (non-hydrogen) atoms. The van der Waals surface area contributed by atoms with Crippen LogP contribution in [0.1, 0.15) is 11.8 Å². The van der Waals surface area contributed by atoms with Crippen molar-refractivity contribution in [1.82, 2.24) is 4.31 Å². The van der Waals surface area contributed by atoms with Crippen molar-refractivity contribution in [3.05, 3.63) is 40.6 Å². The highest BCUT2D eigenvalue weighted by atomic mass is 32.2. The Hall–Kier alpha value is -1.57. The maximum atomic E-state index is 12.7. The lowest BCUT2D eigenvalue weighted by Gasteiger charge is -2.19. The average molecular weight is 326 g/mol. The first-order valence-electron chi connectivity index (χ1n) is 6.46. The van der Waals surface area contributed by atoms with E-state index >= 15 is 0 Å². The van der Waals surface area contributed by atoms with Crippen molar-refractivity contribution in [3.63, 3.8) is 0 Å². The number of nitrogens with two attached hydrogens (primary N) is 1. The standard InChI is InChI=1S/C14H18N2O3S2/c1-3-19-13-7-6-11(15)9-14(13)21(17,18)16(2)10-12-5-4-8-20-12/h4-9H,3,10,15H2,1-2H3. The van der Waals surface area contributed by atoms with Crippen LogP contribution in [0.4, 0.5) is 5.69 Å². The highest BCUT2D eigenvalue weighted by molar-refractivity contribution is 7.89. The largest absolute Gasteiger partial charge is 0.492 e. The number of hydrogen-bond donors (Lipinski definition) is 1. The van der Waals surface area contributed by atoms with E-state index in [0.29, 0.717) is 24.6 Å². The maximum absolute atomic E-state index is 12.7. The van der Waals surface area contributed by atoms with Crippen LogP contribution in [0.15, 0.2) is 40.6 Å². The van der Waals surface area contributed by atoms with Crippen LogP contribution in [-0.2, 0) is 16.6 Å². The molecule has 0 aliphatic rings. The summed E-state index contributed by atoms with van der Waals surface area (Å²) < 4.78 is 32.1. The van der Waals surface area contributed by atoms with E-state index in [9.17, 15) is 8.42 Å². The summed E-state index contributed by atoms with van der Waals surface area (Å²) in [7, 11) is -2.11. The molecule has 1 aromatic carbocycles. The summed E-state index contributed by atoms with van der Waals surface area (Å²) in [6, 6.07) is 8.45. The molecule has 0 aliphatic carbocycles. The highest BCUT2D eigenvalue weighted by Crippen LogP contribution is 2.29. The molecule has 0 atom stereocenters. The second kappa shape index (κ2) is 6.46. The third kappa shape index (κ3) is 3.55. The van der Waals surface area contributed by atoms with Gasteiger partial charge in [-0.1, -0.05) is 6.07 Å². The SMILES string of the molecule is CCOc1ccc(N)cc1S(=O)(=O)N(C)Cc1cccs1. The van der Waals surface area contributed by atoms with Crippen LogP contribution in [0.25, 0.3) is 0 Å². The van der Waals surface area contributed by atoms with E-state index in [1.807, 2.05) is 24.4 Å². The Bertz CT molecular complexity index is 697. The fraction of sp³-hybridized carbons (Fsp3) is 0.286. The molecule has 2 N–H and O–H groups in total. The fourth-order valence-corrected chi connectivity index (χ4v) is 4.03. The molecule has 0 bridgehead atoms. The highest BCUT2D eigenvalue weighted by Gasteiger charge is 2.25. The van der Waals surface area contributed by atoms with Gasteiger partial charge in [-0.25, -0.2) is 8.42 Å². The van der Waals surface area contributed by atoms with Gasteiger partial charge in [-0.05, 0) is 36.6 Å². The first-order valence-corrected chi connectivity index (χ1v) is 8.78. The summed E-state index contributed by atoms with van der Waals surface area (Å²) in [5, 5.41) is 1.92. The van der Waals surface area contributed by atoms with E-state index < -0.39 is 10.0 Å². The molecule has 0 amide bonds. The molecule has 0 unspecified atom stereocenters. The van der Waals surface area contributed by atoms with Crippen molar-refractivity contribution in [2.45, 2.75) is 18.4 Å². The minimum atomic E-state index is -3.66. The van der Waals surface area contributed by atoms with E-state index in [1.54, 1.807) is 19.2 Å². The van der Waals surface area contributed by atoms with Gasteiger partial charge in [0.1, 0.15) is 10.6 Å². The maximum Gasteiger partial charge on any atom is 0.246 e. The summed E-state index contributed by atoms with van der Waals surface area (Å²) >= 11 is 1.52. The van der Waals surface area contributed by atoms with Crippen LogP contribution in [0, 0.1) is 0 Å². The molecule has 0 saturated carbocycles. The molecule has 2 aromatic rings. The predicted molar refractivity (Wildman–Crippen MR) is 85.0 cm³/mol. The van der Waals surface area contributed by atoms with Gasteiger partial charge in [0, 0.05) is 24.2 Å². The fourth-order valence-electron chi connectivity index (χ4n) is 1.88. The minimum absolute atomic E-state index is 0.100. The zero-order valence-electron chi connectivity index (χ0n) is 11.9. The van der Waals surface area contributed by atoms with Crippen LogP contribution in [0.2, 0.25) is 0 Å². The molecule has 0 saturated heterocycles. The number of hydrogen-bond acceptors (Lipinski definition) is 5. The van der Waals surface area contributed by atoms with Gasteiger partial charge in [0.2, 0.25) is 10.0 Å². The molecule has 5 nitrogen and oxygen atoms in total. The lowest BCUT2D eigenvalue weighted by atomic mass is 10.3. The van der Waals surface area contributed by atoms with Gasteiger partial charge < -0.3 is 10.5 Å². The van der Waals surface area contributed by atoms with Crippen LogP contribution in [0.5, 0.6) is 5.75 Å². The van der Waals surface area contributed by atoms with Crippen LogP contribution in [-0.4, -0.2) is 26.4 Å². The Kier molecular flexibility index (Phi) is 4.87. The number of benzene rings is 1. The molecule has 114 valence electrons. The summed E-state index contributed by atoms with van der Waals surface area (Å²) in [5.74, 6) is 0.324. The summed E-state index contributed by atoms with van der Waals surface area (Å²) in [6.07, 6.45) is 0. The second-order valence-corrected chi connectivity index (χ2v) is 7.53. The number of anilines is 1. The van der Waals surface area contributed by atoms with E-state index in [2.05, 4.69) is 0 Å². The molecule has 0 aliphatic heterocycles. The summed E-state index contributed by atoms with van der Waals surface area (Å²) in [5.41, 5.74) is 6.11. The van der Waals surface area contributed by atoms with Crippen molar-refractivity contribution in [1.29, 1.82) is 0 Å². The van der Waals surface area contributed by atoms with Crippen molar-refractivity contribution in [2.75, 3.05) is 19.4 Å². The molecule has 7 heteroatoms. The quantitative estimate of drug-likeness (QED) is 0.828. The van der Waals surface area contributed by atoms with E-state index in [0.717, 1.165) is 4.88 Å². The van der Waals surface area contributed by atoms with Gasteiger partial charge in [-0.2, -0.15) is 4.31 Å². The Labute approximate surface area is 129 Å². The molecule has 1 aromatic heterocycles. The first-order chi connectivity index (χ1) is 9.95. The number of nitrogens with zero attached hydrogens (tertiary/aromatic N) is 1. The molecule has 0 fully saturated rings. The minimum Gasteiger partial charge on any atom is -0.492 e. The monoisotopic (exact) mass is 326 g/mol. The zero-order valence-corrected chi connectivity index (χ0v) is 13.6. The molecule has 2 rings (SSSR count). The van der Waals surface area contributed by atoms with Gasteiger partial charge >= 0.3 is 0 Å². The lowest BCUT2D eigenvalue weighted by molar-refractivity contribution is 0.329. The number of ether oxygens (including phenoxy) is 1. The topological polar surface area (TPSA) is 72.6 Å². The molecule has 1 heterocycles. The van der Waals surface area contributed by atoms with Crippen molar-refractivity contribution in [3.8, 4) is 5.75 Å². The van der Waals surface area contributed by atoms with Gasteiger partial charge in [0.05, 0.1) is 6.61 Å². The van der Waals surface area contributed by atoms with Gasteiger partial charge in [0.25, 0.3) is 0 Å². The van der Waals surface area contributed by atoms with Crippen LogP contribution >= 0.6 is 11.3 Å². The van der Waals surface area contributed by atoms with Crippen LogP contribution < -0.4 is 10.5 Å². The molecular formula is C14H18N2O3S2. The van der Waals surface area contributed by atoms with E-state index in [1.165, 1.54) is 21.7 Å². The van der Waals surface area contributed by atoms with Crippen LogP contribution in [0.3, 0.4) is 0 Å². The van der Waals surface area contributed by atoms with Crippen molar-refractivity contribution < 1.29 is 13.2 Å². The van der Waals surface area contributed by atoms with E-state index in [-0.39, 0.29) is 4.90 Å². The number of sulfonamides is 1. The number of rotatable bonds is 6. The Morgan fingerprint density at radius 2 is 2.10 bits per heavy atom. The third-order valence-corrected chi connectivity index (χ3v) is 5.60. The Morgan fingerprint density at radius 3 is 2.71 bits per heavy atom. The molecule has 0 spiro atoms. The van der Waals surface area contributed by atoms with Crippen molar-refractivity contribution >= 4 is 27.0 Å². The normalized spacial score (nSPS) is 11.8.